The van der Waals surface area contributed by atoms with Crippen molar-refractivity contribution in [2.75, 3.05) is 0 Å². The van der Waals surface area contributed by atoms with E-state index in [0.29, 0.717) is 17.5 Å². The number of aldehydes is 1. The predicted molar refractivity (Wildman–Crippen MR) is 47.4 cm³/mol. The van der Waals surface area contributed by atoms with E-state index in [2.05, 4.69) is 4.98 Å². The van der Waals surface area contributed by atoms with Crippen molar-refractivity contribution >= 4 is 6.29 Å². The lowest BCUT2D eigenvalue weighted by molar-refractivity contribution is 0.0217. The zero-order valence-corrected chi connectivity index (χ0v) is 7.34. The molecule has 0 fully saturated rings. The van der Waals surface area contributed by atoms with Crippen molar-refractivity contribution in [2.24, 2.45) is 0 Å². The van der Waals surface area contributed by atoms with Crippen LogP contribution in [-0.2, 0) is 0 Å². The second-order valence-electron chi connectivity index (χ2n) is 2.88. The van der Waals surface area contributed by atoms with E-state index in [1.807, 2.05) is 0 Å². The first-order valence-electron chi connectivity index (χ1n) is 4.05. The van der Waals surface area contributed by atoms with Crippen molar-refractivity contribution in [1.29, 1.82) is 5.26 Å². The lowest BCUT2D eigenvalue weighted by Gasteiger charge is -2.12. The van der Waals surface area contributed by atoms with Crippen LogP contribution in [0.1, 0.15) is 28.6 Å². The van der Waals surface area contributed by atoms with Crippen LogP contribution in [0.4, 0.5) is 0 Å². The molecule has 0 aromatic carbocycles. The number of H-pyrrole nitrogens is 1. The average molecular weight is 194 g/mol. The van der Waals surface area contributed by atoms with Crippen LogP contribution in [0.2, 0.25) is 0 Å². The van der Waals surface area contributed by atoms with E-state index < -0.39 is 12.2 Å². The molecule has 2 unspecified atom stereocenters. The highest BCUT2D eigenvalue weighted by Gasteiger charge is 2.18. The summed E-state index contributed by atoms with van der Waals surface area (Å²) in [4.78, 5) is 12.9. The summed E-state index contributed by atoms with van der Waals surface area (Å²) in [5, 5.41) is 27.1. The van der Waals surface area contributed by atoms with Crippen molar-refractivity contribution in [3.63, 3.8) is 0 Å². The van der Waals surface area contributed by atoms with Crippen molar-refractivity contribution in [3.8, 4) is 6.07 Å². The molecular formula is C9H10N2O3. The van der Waals surface area contributed by atoms with Crippen molar-refractivity contribution in [3.05, 3.63) is 23.5 Å². The highest BCUT2D eigenvalue weighted by molar-refractivity contribution is 5.72. The van der Waals surface area contributed by atoms with Gasteiger partial charge in [0.15, 0.2) is 6.29 Å². The fourth-order valence-corrected chi connectivity index (χ4v) is 1.10. The molecule has 0 bridgehead atoms. The van der Waals surface area contributed by atoms with Gasteiger partial charge in [0.2, 0.25) is 0 Å². The molecule has 0 spiro atoms. The third kappa shape index (κ3) is 2.19. The maximum Gasteiger partial charge on any atom is 0.166 e. The van der Waals surface area contributed by atoms with E-state index >= 15 is 0 Å². The molecule has 14 heavy (non-hydrogen) atoms. The molecule has 0 radical (unpaired) electrons. The zero-order valence-electron chi connectivity index (χ0n) is 7.34. The second kappa shape index (κ2) is 4.56. The Morgan fingerprint density at radius 2 is 2.36 bits per heavy atom. The van der Waals surface area contributed by atoms with E-state index in [-0.39, 0.29) is 6.42 Å². The molecule has 0 amide bonds. The molecule has 1 aromatic heterocycles. The number of hydrogen-bond acceptors (Lipinski definition) is 4. The number of carbonyl (C=O) groups excluding carboxylic acids is 1. The van der Waals surface area contributed by atoms with E-state index in [9.17, 15) is 15.0 Å². The van der Waals surface area contributed by atoms with Crippen molar-refractivity contribution in [1.82, 2.24) is 4.98 Å². The molecule has 1 aromatic rings. The maximum atomic E-state index is 10.3. The molecule has 1 heterocycles. The van der Waals surface area contributed by atoms with Crippen LogP contribution in [-0.4, -0.2) is 27.6 Å². The summed E-state index contributed by atoms with van der Waals surface area (Å²) in [5.41, 5.74) is 0.720. The monoisotopic (exact) mass is 194 g/mol. The zero-order chi connectivity index (χ0) is 10.6. The SMILES string of the molecule is N#CCC(O)C(O)c1c[nH]c(C=O)c1. The minimum atomic E-state index is -1.14. The third-order valence-electron chi connectivity index (χ3n) is 1.86. The molecular weight excluding hydrogens is 184 g/mol. The highest BCUT2D eigenvalue weighted by atomic mass is 16.3. The van der Waals surface area contributed by atoms with Crippen LogP contribution in [0.15, 0.2) is 12.3 Å². The Kier molecular flexibility index (Phi) is 3.40. The minimum Gasteiger partial charge on any atom is -0.389 e. The van der Waals surface area contributed by atoms with Gasteiger partial charge in [-0.15, -0.1) is 0 Å². The van der Waals surface area contributed by atoms with Crippen LogP contribution < -0.4 is 0 Å². The Labute approximate surface area is 80.6 Å². The minimum absolute atomic E-state index is 0.150. The lowest BCUT2D eigenvalue weighted by Crippen LogP contribution is -2.16. The molecule has 0 aliphatic heterocycles. The fourth-order valence-electron chi connectivity index (χ4n) is 1.10. The lowest BCUT2D eigenvalue weighted by atomic mass is 10.1. The summed E-state index contributed by atoms with van der Waals surface area (Å²) >= 11 is 0. The molecule has 0 aliphatic carbocycles. The summed E-state index contributed by atoms with van der Waals surface area (Å²) in [6, 6.07) is 3.18. The number of aliphatic hydroxyl groups excluding tert-OH is 2. The molecule has 0 saturated heterocycles. The van der Waals surface area contributed by atoms with Crippen LogP contribution in [0, 0.1) is 11.3 Å². The van der Waals surface area contributed by atoms with Crippen LogP contribution in [0.3, 0.4) is 0 Å². The van der Waals surface area contributed by atoms with Crippen LogP contribution in [0.25, 0.3) is 0 Å². The molecule has 74 valence electrons. The van der Waals surface area contributed by atoms with Gasteiger partial charge in [-0.1, -0.05) is 0 Å². The Morgan fingerprint density at radius 3 is 2.86 bits per heavy atom. The first-order valence-corrected chi connectivity index (χ1v) is 4.05. The molecule has 5 heteroatoms. The van der Waals surface area contributed by atoms with E-state index in [0.717, 1.165) is 0 Å². The average Bonchev–Trinajstić information content (AvgIpc) is 2.65. The van der Waals surface area contributed by atoms with Gasteiger partial charge in [0, 0.05) is 11.8 Å². The number of nitrogens with zero attached hydrogens (tertiary/aromatic N) is 1. The number of nitrogens with one attached hydrogen (secondary N) is 1. The van der Waals surface area contributed by atoms with Crippen LogP contribution >= 0.6 is 0 Å². The van der Waals surface area contributed by atoms with E-state index in [4.69, 9.17) is 5.26 Å². The van der Waals surface area contributed by atoms with Crippen molar-refractivity contribution < 1.29 is 15.0 Å². The van der Waals surface area contributed by atoms with Crippen LogP contribution in [0.5, 0.6) is 0 Å². The van der Waals surface area contributed by atoms with Gasteiger partial charge in [0.05, 0.1) is 24.3 Å². The third-order valence-corrected chi connectivity index (χ3v) is 1.86. The second-order valence-corrected chi connectivity index (χ2v) is 2.88. The number of aromatic nitrogens is 1. The van der Waals surface area contributed by atoms with Crippen molar-refractivity contribution in [2.45, 2.75) is 18.6 Å². The largest absolute Gasteiger partial charge is 0.389 e. The van der Waals surface area contributed by atoms with Gasteiger partial charge in [-0.2, -0.15) is 5.26 Å². The number of hydrogen-bond donors (Lipinski definition) is 3. The highest BCUT2D eigenvalue weighted by Crippen LogP contribution is 2.18. The molecule has 0 aliphatic rings. The first-order chi connectivity index (χ1) is 6.69. The number of aromatic amines is 1. The standard InChI is InChI=1S/C9H10N2O3/c10-2-1-8(13)9(14)6-3-7(5-12)11-4-6/h3-5,8-9,11,13-14H,1H2. The Bertz CT molecular complexity index is 353. The van der Waals surface area contributed by atoms with Gasteiger partial charge < -0.3 is 15.2 Å². The van der Waals surface area contributed by atoms with E-state index in [1.165, 1.54) is 12.3 Å². The molecule has 5 nitrogen and oxygen atoms in total. The smallest absolute Gasteiger partial charge is 0.166 e. The molecule has 3 N–H and O–H groups in total. The molecule has 2 atom stereocenters. The Hall–Kier alpha value is -1.64. The maximum absolute atomic E-state index is 10.3. The number of nitriles is 1. The summed E-state index contributed by atoms with van der Waals surface area (Å²) in [6.07, 6.45) is -0.389. The molecule has 1 rings (SSSR count). The normalized spacial score (nSPS) is 14.4. The quantitative estimate of drug-likeness (QED) is 0.593. The molecule has 0 saturated carbocycles. The Balaban J connectivity index is 2.73. The van der Waals surface area contributed by atoms with Gasteiger partial charge in [-0.05, 0) is 6.07 Å². The van der Waals surface area contributed by atoms with Gasteiger partial charge in [-0.25, -0.2) is 0 Å². The number of rotatable bonds is 4. The van der Waals surface area contributed by atoms with Gasteiger partial charge >= 0.3 is 0 Å². The fraction of sp³-hybridized carbons (Fsp3) is 0.333. The summed E-state index contributed by atoms with van der Waals surface area (Å²) in [5.74, 6) is 0. The number of aliphatic hydroxyl groups is 2. The van der Waals surface area contributed by atoms with E-state index in [1.54, 1.807) is 6.07 Å². The summed E-state index contributed by atoms with van der Waals surface area (Å²) < 4.78 is 0. The van der Waals surface area contributed by atoms with Gasteiger partial charge in [-0.3, -0.25) is 4.79 Å². The Morgan fingerprint density at radius 1 is 1.64 bits per heavy atom. The number of carbonyl (C=O) groups is 1. The summed E-state index contributed by atoms with van der Waals surface area (Å²) in [7, 11) is 0. The topological polar surface area (TPSA) is 97.1 Å². The van der Waals surface area contributed by atoms with Gasteiger partial charge in [0.1, 0.15) is 6.10 Å². The summed E-state index contributed by atoms with van der Waals surface area (Å²) in [6.45, 7) is 0. The van der Waals surface area contributed by atoms with Gasteiger partial charge in [0.25, 0.3) is 0 Å². The first kappa shape index (κ1) is 10.4. The predicted octanol–water partition coefficient (Wildman–Crippen LogP) is 0.135.